The summed E-state index contributed by atoms with van der Waals surface area (Å²) < 4.78 is 1.11. The molecule has 0 unspecified atom stereocenters. The Morgan fingerprint density at radius 1 is 1.33 bits per heavy atom. The third kappa shape index (κ3) is 5.09. The van der Waals surface area contributed by atoms with Gasteiger partial charge in [-0.3, -0.25) is 9.69 Å². The number of carbonyl (C=O) groups excluding carboxylic acids is 1. The van der Waals surface area contributed by atoms with E-state index >= 15 is 0 Å². The highest BCUT2D eigenvalue weighted by molar-refractivity contribution is 9.10. The van der Waals surface area contributed by atoms with Gasteiger partial charge in [0.1, 0.15) is 0 Å². The van der Waals surface area contributed by atoms with E-state index in [0.29, 0.717) is 0 Å². The van der Waals surface area contributed by atoms with Crippen molar-refractivity contribution < 1.29 is 4.79 Å². The van der Waals surface area contributed by atoms with Gasteiger partial charge in [0.05, 0.1) is 5.54 Å². The van der Waals surface area contributed by atoms with Crippen molar-refractivity contribution in [2.75, 3.05) is 13.1 Å². The summed E-state index contributed by atoms with van der Waals surface area (Å²) in [6.45, 7) is 6.46. The van der Waals surface area contributed by atoms with Gasteiger partial charge in [0.15, 0.2) is 0 Å². The average molecular weight is 354 g/mol. The molecule has 116 valence electrons. The maximum absolute atomic E-state index is 11.9. The number of carbonyl (C=O) groups is 1. The zero-order valence-corrected chi connectivity index (χ0v) is 14.3. The van der Waals surface area contributed by atoms with Crippen LogP contribution in [0.3, 0.4) is 0 Å². The molecule has 1 aromatic carbocycles. The standard InChI is InChI=1S/C16H24BrN3O/c1-16(2,18)15(21)19-14-7-9-20(10-8-14)11-12-3-5-13(17)6-4-12/h3-6,14H,7-11,18H2,1-2H3,(H,19,21). The molecule has 0 bridgehead atoms. The molecule has 0 spiro atoms. The summed E-state index contributed by atoms with van der Waals surface area (Å²) >= 11 is 3.45. The van der Waals surface area contributed by atoms with Crippen LogP contribution in [-0.2, 0) is 11.3 Å². The van der Waals surface area contributed by atoms with E-state index < -0.39 is 5.54 Å². The van der Waals surface area contributed by atoms with Gasteiger partial charge in [-0.2, -0.15) is 0 Å². The zero-order valence-electron chi connectivity index (χ0n) is 12.7. The molecule has 1 amide bonds. The fourth-order valence-corrected chi connectivity index (χ4v) is 2.72. The molecule has 1 aliphatic heterocycles. The summed E-state index contributed by atoms with van der Waals surface area (Å²) in [7, 11) is 0. The number of likely N-dealkylation sites (tertiary alicyclic amines) is 1. The average Bonchev–Trinajstić information content (AvgIpc) is 2.42. The van der Waals surface area contributed by atoms with Gasteiger partial charge >= 0.3 is 0 Å². The van der Waals surface area contributed by atoms with E-state index in [0.717, 1.165) is 36.9 Å². The third-order valence-corrected chi connectivity index (χ3v) is 4.36. The second kappa shape index (κ2) is 6.90. The first-order valence-electron chi connectivity index (χ1n) is 7.41. The number of nitrogens with two attached hydrogens (primary N) is 1. The van der Waals surface area contributed by atoms with Gasteiger partial charge in [-0.15, -0.1) is 0 Å². The van der Waals surface area contributed by atoms with Crippen molar-refractivity contribution in [2.24, 2.45) is 5.73 Å². The highest BCUT2D eigenvalue weighted by Gasteiger charge is 2.26. The van der Waals surface area contributed by atoms with Gasteiger partial charge in [0, 0.05) is 30.1 Å². The monoisotopic (exact) mass is 353 g/mol. The Morgan fingerprint density at radius 3 is 2.43 bits per heavy atom. The molecule has 0 aromatic heterocycles. The van der Waals surface area contributed by atoms with Crippen LogP contribution in [0, 0.1) is 0 Å². The lowest BCUT2D eigenvalue weighted by molar-refractivity contribution is -0.126. The van der Waals surface area contributed by atoms with Gasteiger partial charge < -0.3 is 11.1 Å². The van der Waals surface area contributed by atoms with Crippen LogP contribution in [-0.4, -0.2) is 35.5 Å². The number of rotatable bonds is 4. The van der Waals surface area contributed by atoms with E-state index in [4.69, 9.17) is 5.73 Å². The van der Waals surface area contributed by atoms with Crippen LogP contribution in [0.2, 0.25) is 0 Å². The van der Waals surface area contributed by atoms with E-state index in [2.05, 4.69) is 50.4 Å². The van der Waals surface area contributed by atoms with Crippen LogP contribution < -0.4 is 11.1 Å². The van der Waals surface area contributed by atoms with Crippen molar-refractivity contribution in [2.45, 2.75) is 44.8 Å². The molecule has 1 heterocycles. The maximum Gasteiger partial charge on any atom is 0.239 e. The minimum absolute atomic E-state index is 0.0612. The van der Waals surface area contributed by atoms with Crippen LogP contribution in [0.15, 0.2) is 28.7 Å². The molecular weight excluding hydrogens is 330 g/mol. The summed E-state index contributed by atoms with van der Waals surface area (Å²) in [5, 5.41) is 3.05. The van der Waals surface area contributed by atoms with E-state index in [1.165, 1.54) is 5.56 Å². The van der Waals surface area contributed by atoms with E-state index in [9.17, 15) is 4.79 Å². The first kappa shape index (κ1) is 16.5. The number of nitrogens with zero attached hydrogens (tertiary/aromatic N) is 1. The number of piperidine rings is 1. The summed E-state index contributed by atoms with van der Waals surface area (Å²) in [6.07, 6.45) is 1.97. The van der Waals surface area contributed by atoms with Gasteiger partial charge in [0.25, 0.3) is 0 Å². The Kier molecular flexibility index (Phi) is 5.41. The molecule has 0 aliphatic carbocycles. The van der Waals surface area contributed by atoms with Crippen molar-refractivity contribution in [3.8, 4) is 0 Å². The van der Waals surface area contributed by atoms with Crippen LogP contribution >= 0.6 is 15.9 Å². The number of hydrogen-bond donors (Lipinski definition) is 2. The first-order chi connectivity index (χ1) is 9.84. The number of benzene rings is 1. The summed E-state index contributed by atoms with van der Waals surface area (Å²) in [5.41, 5.74) is 6.34. The topological polar surface area (TPSA) is 58.4 Å². The molecule has 4 nitrogen and oxygen atoms in total. The summed E-state index contributed by atoms with van der Waals surface area (Å²) in [6, 6.07) is 8.70. The van der Waals surface area contributed by atoms with E-state index in [-0.39, 0.29) is 11.9 Å². The molecule has 1 fully saturated rings. The Hall–Kier alpha value is -0.910. The van der Waals surface area contributed by atoms with E-state index in [1.807, 2.05) is 0 Å². The lowest BCUT2D eigenvalue weighted by Crippen LogP contribution is -2.54. The molecule has 21 heavy (non-hydrogen) atoms. The number of nitrogens with one attached hydrogen (secondary N) is 1. The molecule has 0 atom stereocenters. The van der Waals surface area contributed by atoms with Gasteiger partial charge in [-0.05, 0) is 44.4 Å². The van der Waals surface area contributed by atoms with Crippen molar-refractivity contribution in [3.05, 3.63) is 34.3 Å². The second-order valence-corrected chi connectivity index (χ2v) is 7.29. The summed E-state index contributed by atoms with van der Waals surface area (Å²) in [5.74, 6) is -0.0612. The lowest BCUT2D eigenvalue weighted by atomic mass is 10.0. The minimum atomic E-state index is -0.797. The smallest absolute Gasteiger partial charge is 0.239 e. The molecule has 0 radical (unpaired) electrons. The number of amides is 1. The molecule has 1 saturated heterocycles. The zero-order chi connectivity index (χ0) is 15.5. The highest BCUT2D eigenvalue weighted by atomic mass is 79.9. The Bertz CT molecular complexity index is 473. The van der Waals surface area contributed by atoms with Crippen molar-refractivity contribution in [1.82, 2.24) is 10.2 Å². The number of hydrogen-bond acceptors (Lipinski definition) is 3. The predicted octanol–water partition coefficient (Wildman–Crippen LogP) is 2.27. The van der Waals surface area contributed by atoms with Crippen molar-refractivity contribution in [1.29, 1.82) is 0 Å². The molecule has 0 saturated carbocycles. The quantitative estimate of drug-likeness (QED) is 0.872. The van der Waals surface area contributed by atoms with E-state index in [1.54, 1.807) is 13.8 Å². The molecule has 1 aromatic rings. The van der Waals surface area contributed by atoms with Crippen molar-refractivity contribution >= 4 is 21.8 Å². The van der Waals surface area contributed by atoms with Crippen LogP contribution in [0.5, 0.6) is 0 Å². The van der Waals surface area contributed by atoms with Crippen LogP contribution in [0.25, 0.3) is 0 Å². The molecular formula is C16H24BrN3O. The van der Waals surface area contributed by atoms with Gasteiger partial charge in [-0.1, -0.05) is 28.1 Å². The van der Waals surface area contributed by atoms with Crippen LogP contribution in [0.1, 0.15) is 32.3 Å². The summed E-state index contributed by atoms with van der Waals surface area (Å²) in [4.78, 5) is 14.3. The van der Waals surface area contributed by atoms with Gasteiger partial charge in [0.2, 0.25) is 5.91 Å². The fourth-order valence-electron chi connectivity index (χ4n) is 2.45. The Balaban J connectivity index is 1.78. The lowest BCUT2D eigenvalue weighted by Gasteiger charge is -2.33. The third-order valence-electron chi connectivity index (χ3n) is 3.83. The normalized spacial score (nSPS) is 17.7. The van der Waals surface area contributed by atoms with Crippen LogP contribution in [0.4, 0.5) is 0 Å². The molecule has 2 rings (SSSR count). The maximum atomic E-state index is 11.9. The van der Waals surface area contributed by atoms with Gasteiger partial charge in [-0.25, -0.2) is 0 Å². The second-order valence-electron chi connectivity index (χ2n) is 6.37. The Morgan fingerprint density at radius 2 is 1.90 bits per heavy atom. The molecule has 3 N–H and O–H groups in total. The first-order valence-corrected chi connectivity index (χ1v) is 8.20. The largest absolute Gasteiger partial charge is 0.352 e. The molecule has 1 aliphatic rings. The minimum Gasteiger partial charge on any atom is -0.352 e. The highest BCUT2D eigenvalue weighted by Crippen LogP contribution is 2.16. The fraction of sp³-hybridized carbons (Fsp3) is 0.562. The van der Waals surface area contributed by atoms with Crippen molar-refractivity contribution in [3.63, 3.8) is 0 Å². The number of halogens is 1. The molecule has 5 heteroatoms. The Labute approximate surface area is 135 Å². The SMILES string of the molecule is CC(C)(N)C(=O)NC1CCN(Cc2ccc(Br)cc2)CC1. The predicted molar refractivity (Wildman–Crippen MR) is 88.9 cm³/mol.